The first-order valence-corrected chi connectivity index (χ1v) is 3.39. The molecule has 0 unspecified atom stereocenters. The average Bonchev–Trinajstić information content (AvgIpc) is 1.89. The van der Waals surface area contributed by atoms with Crippen LogP contribution in [0.4, 0.5) is 4.79 Å². The number of hydrogen-bond acceptors (Lipinski definition) is 2. The third-order valence-electron chi connectivity index (χ3n) is 0.997. The first kappa shape index (κ1) is 9.07. The molecule has 58 valence electrons. The van der Waals surface area contributed by atoms with Gasteiger partial charge >= 0.3 is 6.03 Å². The number of amides is 2. The Bertz CT molecular complexity index is 122. The Hall–Kier alpha value is -0.930. The Balaban J connectivity index is 3.22. The summed E-state index contributed by atoms with van der Waals surface area (Å²) in [5, 5.41) is 9.18. The highest BCUT2D eigenvalue weighted by atomic mass is 16.2. The molecule has 0 atom stereocenters. The number of hydrogen-bond donors (Lipinski definition) is 1. The third kappa shape index (κ3) is 5.21. The van der Waals surface area contributed by atoms with Crippen LogP contribution in [0.1, 0.15) is 19.8 Å². The van der Waals surface area contributed by atoms with Crippen molar-refractivity contribution in [3.05, 3.63) is 0 Å². The first-order valence-electron chi connectivity index (χ1n) is 3.39. The van der Waals surface area contributed by atoms with Gasteiger partial charge in [-0.05, 0) is 6.42 Å². The predicted octanol–water partition coefficient (Wildman–Crippen LogP) is 1.58. The number of unbranched alkanes of at least 4 members (excludes halogenated alkanes) is 1. The van der Waals surface area contributed by atoms with E-state index in [0.29, 0.717) is 6.54 Å². The van der Waals surface area contributed by atoms with Crippen LogP contribution in [0.5, 0.6) is 0 Å². The summed E-state index contributed by atoms with van der Waals surface area (Å²) < 4.78 is 0. The SMILES string of the molecule is CCCCNC(=O)N=NC. The van der Waals surface area contributed by atoms with Gasteiger partial charge in [0.1, 0.15) is 0 Å². The lowest BCUT2D eigenvalue weighted by atomic mass is 10.3. The minimum absolute atomic E-state index is 0.351. The van der Waals surface area contributed by atoms with E-state index >= 15 is 0 Å². The molecule has 0 saturated heterocycles. The second kappa shape index (κ2) is 6.19. The fraction of sp³-hybridized carbons (Fsp3) is 0.833. The van der Waals surface area contributed by atoms with Gasteiger partial charge < -0.3 is 5.32 Å². The summed E-state index contributed by atoms with van der Waals surface area (Å²) in [5.41, 5.74) is 0. The van der Waals surface area contributed by atoms with Gasteiger partial charge in [-0.3, -0.25) is 0 Å². The molecule has 0 saturated carbocycles. The summed E-state index contributed by atoms with van der Waals surface area (Å²) in [5.74, 6) is 0. The lowest BCUT2D eigenvalue weighted by Crippen LogP contribution is -2.20. The number of nitrogens with one attached hydrogen (secondary N) is 1. The van der Waals surface area contributed by atoms with Gasteiger partial charge in [-0.1, -0.05) is 18.5 Å². The van der Waals surface area contributed by atoms with Crippen LogP contribution < -0.4 is 5.32 Å². The van der Waals surface area contributed by atoms with Crippen LogP contribution in [-0.2, 0) is 0 Å². The fourth-order valence-corrected chi connectivity index (χ4v) is 0.498. The standard InChI is InChI=1S/C6H13N3O/c1-3-4-5-8-6(10)9-7-2/h3-5H2,1-2H3,(H,8,10). The van der Waals surface area contributed by atoms with Crippen LogP contribution in [0.2, 0.25) is 0 Å². The number of rotatable bonds is 3. The van der Waals surface area contributed by atoms with Crippen molar-refractivity contribution in [3.8, 4) is 0 Å². The van der Waals surface area contributed by atoms with Crippen LogP contribution in [0, 0.1) is 0 Å². The molecule has 0 heterocycles. The molecule has 4 nitrogen and oxygen atoms in total. The zero-order valence-corrected chi connectivity index (χ0v) is 6.42. The number of urea groups is 1. The Morgan fingerprint density at radius 3 is 2.80 bits per heavy atom. The molecule has 0 fully saturated rings. The van der Waals surface area contributed by atoms with Crippen molar-refractivity contribution in [1.29, 1.82) is 0 Å². The van der Waals surface area contributed by atoms with Gasteiger partial charge in [0.15, 0.2) is 0 Å². The zero-order valence-electron chi connectivity index (χ0n) is 6.42. The predicted molar refractivity (Wildman–Crippen MR) is 39.1 cm³/mol. The normalized spacial score (nSPS) is 10.2. The molecule has 0 aliphatic carbocycles. The summed E-state index contributed by atoms with van der Waals surface area (Å²) in [4.78, 5) is 10.5. The quantitative estimate of drug-likeness (QED) is 0.473. The van der Waals surface area contributed by atoms with Crippen LogP contribution >= 0.6 is 0 Å². The number of azo groups is 1. The monoisotopic (exact) mass is 143 g/mol. The molecule has 0 aromatic carbocycles. The van der Waals surface area contributed by atoms with Crippen molar-refractivity contribution >= 4 is 6.03 Å². The molecule has 0 aliphatic rings. The second-order valence-corrected chi connectivity index (χ2v) is 1.89. The highest BCUT2D eigenvalue weighted by molar-refractivity contribution is 5.73. The van der Waals surface area contributed by atoms with Crippen molar-refractivity contribution in [2.24, 2.45) is 10.2 Å². The van der Waals surface area contributed by atoms with Gasteiger partial charge in [-0.25, -0.2) is 4.79 Å². The molecular weight excluding hydrogens is 130 g/mol. The molecule has 2 amide bonds. The molecule has 0 aromatic heterocycles. The summed E-state index contributed by atoms with van der Waals surface area (Å²) in [6.45, 7) is 2.75. The van der Waals surface area contributed by atoms with Gasteiger partial charge in [0, 0.05) is 13.6 Å². The zero-order chi connectivity index (χ0) is 7.82. The Kier molecular flexibility index (Phi) is 5.62. The van der Waals surface area contributed by atoms with E-state index in [4.69, 9.17) is 0 Å². The lowest BCUT2D eigenvalue weighted by molar-refractivity contribution is 0.247. The first-order chi connectivity index (χ1) is 4.81. The molecule has 10 heavy (non-hydrogen) atoms. The van der Waals surface area contributed by atoms with E-state index in [0.717, 1.165) is 12.8 Å². The Morgan fingerprint density at radius 2 is 2.30 bits per heavy atom. The summed E-state index contributed by atoms with van der Waals surface area (Å²) >= 11 is 0. The maximum absolute atomic E-state index is 10.5. The topological polar surface area (TPSA) is 53.8 Å². The molecule has 4 heteroatoms. The largest absolute Gasteiger partial charge is 0.359 e. The Morgan fingerprint density at radius 1 is 1.60 bits per heavy atom. The number of nitrogens with zero attached hydrogens (tertiary/aromatic N) is 2. The maximum atomic E-state index is 10.5. The minimum Gasteiger partial charge on any atom is -0.335 e. The molecule has 0 aromatic rings. The van der Waals surface area contributed by atoms with E-state index in [1.165, 1.54) is 7.05 Å². The van der Waals surface area contributed by atoms with Crippen LogP contribution in [0.3, 0.4) is 0 Å². The van der Waals surface area contributed by atoms with E-state index in [2.05, 4.69) is 22.5 Å². The van der Waals surface area contributed by atoms with Crippen molar-refractivity contribution in [1.82, 2.24) is 5.32 Å². The molecular formula is C6H13N3O. The van der Waals surface area contributed by atoms with Crippen molar-refractivity contribution in [2.45, 2.75) is 19.8 Å². The fourth-order valence-electron chi connectivity index (χ4n) is 0.498. The summed E-state index contributed by atoms with van der Waals surface area (Å²) in [6, 6.07) is -0.351. The smallest absolute Gasteiger partial charge is 0.335 e. The van der Waals surface area contributed by atoms with E-state index < -0.39 is 0 Å². The van der Waals surface area contributed by atoms with Gasteiger partial charge in [-0.2, -0.15) is 5.11 Å². The van der Waals surface area contributed by atoms with Crippen molar-refractivity contribution in [3.63, 3.8) is 0 Å². The molecule has 0 radical (unpaired) electrons. The molecule has 0 spiro atoms. The molecule has 1 N–H and O–H groups in total. The van der Waals surface area contributed by atoms with Crippen LogP contribution in [0.25, 0.3) is 0 Å². The van der Waals surface area contributed by atoms with Crippen LogP contribution in [-0.4, -0.2) is 19.6 Å². The van der Waals surface area contributed by atoms with Gasteiger partial charge in [0.2, 0.25) is 0 Å². The molecule has 0 aliphatic heterocycles. The van der Waals surface area contributed by atoms with Gasteiger partial charge in [0.25, 0.3) is 0 Å². The lowest BCUT2D eigenvalue weighted by Gasteiger charge is -1.96. The number of carbonyl (C=O) groups is 1. The Labute approximate surface area is 60.7 Å². The maximum Gasteiger partial charge on any atom is 0.359 e. The van der Waals surface area contributed by atoms with Gasteiger partial charge in [-0.15, -0.1) is 0 Å². The van der Waals surface area contributed by atoms with Crippen LogP contribution in [0.15, 0.2) is 10.2 Å². The minimum atomic E-state index is -0.351. The van der Waals surface area contributed by atoms with E-state index in [-0.39, 0.29) is 6.03 Å². The highest BCUT2D eigenvalue weighted by Gasteiger charge is 1.92. The number of carbonyl (C=O) groups excluding carboxylic acids is 1. The second-order valence-electron chi connectivity index (χ2n) is 1.89. The third-order valence-corrected chi connectivity index (χ3v) is 0.997. The molecule has 0 rings (SSSR count). The highest BCUT2D eigenvalue weighted by Crippen LogP contribution is 1.83. The average molecular weight is 143 g/mol. The summed E-state index contributed by atoms with van der Waals surface area (Å²) in [7, 11) is 1.47. The van der Waals surface area contributed by atoms with E-state index in [9.17, 15) is 4.79 Å². The van der Waals surface area contributed by atoms with Gasteiger partial charge in [0.05, 0.1) is 0 Å². The summed E-state index contributed by atoms with van der Waals surface area (Å²) in [6.07, 6.45) is 2.06. The molecule has 0 bridgehead atoms. The van der Waals surface area contributed by atoms with Crippen molar-refractivity contribution in [2.75, 3.05) is 13.6 Å². The van der Waals surface area contributed by atoms with E-state index in [1.807, 2.05) is 0 Å². The van der Waals surface area contributed by atoms with E-state index in [1.54, 1.807) is 0 Å². The van der Waals surface area contributed by atoms with Crippen molar-refractivity contribution < 1.29 is 4.79 Å².